The predicted molar refractivity (Wildman–Crippen MR) is 229 cm³/mol. The summed E-state index contributed by atoms with van der Waals surface area (Å²) < 4.78 is 11.2. The summed E-state index contributed by atoms with van der Waals surface area (Å²) in [7, 11) is 0. The molecule has 2 aliphatic carbocycles. The number of halogens is 3. The molecule has 9 nitrogen and oxygen atoms in total. The Hall–Kier alpha value is -4.90. The van der Waals surface area contributed by atoms with Crippen LogP contribution in [0.25, 0.3) is 35.5 Å². The maximum atomic E-state index is 12.1. The fourth-order valence-corrected chi connectivity index (χ4v) is 8.31. The van der Waals surface area contributed by atoms with Gasteiger partial charge in [0.15, 0.2) is 0 Å². The maximum Gasteiger partial charge on any atom is 0.409 e. The van der Waals surface area contributed by atoms with Crippen LogP contribution in [0, 0.1) is 0 Å². The summed E-state index contributed by atoms with van der Waals surface area (Å²) in [6.07, 6.45) is 14.5. The van der Waals surface area contributed by atoms with Gasteiger partial charge in [0.2, 0.25) is 0 Å². The van der Waals surface area contributed by atoms with Gasteiger partial charge in [0, 0.05) is 69.2 Å². The molecule has 0 bridgehead atoms. The minimum atomic E-state index is -0.243. The Bertz CT molecular complexity index is 2020. The van der Waals surface area contributed by atoms with Gasteiger partial charge in [-0.15, -0.1) is 0 Å². The average Bonchev–Trinajstić information content (AvgIpc) is 3.45. The standard InChI is InChI=1S/C22H20BrClN2O2.C22H22ClN3O2/c1-2-28-22(27)26-9-7-14(8-10-26)20-19-6-5-18(24)12-15(19)3-4-16-11-17(23)13-25-21(16)20;1-2-28-22(27)26-9-7-14(8-10-26)20-19-6-5-17(23)11-15(19)3-4-16-12-18(24)13-25-21(16)20/h3-6,11-13H,2,7-10H2,1H3;3-6,11-13H,2,7-10,24H2,1H3. The van der Waals surface area contributed by atoms with Crippen LogP contribution in [-0.2, 0) is 9.47 Å². The summed E-state index contributed by atoms with van der Waals surface area (Å²) in [5.74, 6) is 0. The lowest BCUT2D eigenvalue weighted by atomic mass is 9.88. The van der Waals surface area contributed by atoms with Gasteiger partial charge in [0.1, 0.15) is 0 Å². The van der Waals surface area contributed by atoms with Crippen molar-refractivity contribution in [3.63, 3.8) is 0 Å². The molecule has 0 saturated carbocycles. The monoisotopic (exact) mass is 853 g/mol. The van der Waals surface area contributed by atoms with Crippen molar-refractivity contribution in [2.45, 2.75) is 39.5 Å². The van der Waals surface area contributed by atoms with E-state index in [1.165, 1.54) is 11.1 Å². The molecule has 2 fully saturated rings. The number of nitrogens with zero attached hydrogens (tertiary/aromatic N) is 4. The third kappa shape index (κ3) is 8.57. The molecule has 56 heavy (non-hydrogen) atoms. The zero-order chi connectivity index (χ0) is 39.3. The van der Waals surface area contributed by atoms with Crippen molar-refractivity contribution in [2.75, 3.05) is 45.1 Å². The molecule has 4 aliphatic rings. The third-order valence-electron chi connectivity index (χ3n) is 10.2. The van der Waals surface area contributed by atoms with Gasteiger partial charge in [-0.1, -0.05) is 70.8 Å². The van der Waals surface area contributed by atoms with Crippen LogP contribution < -0.4 is 5.73 Å². The summed E-state index contributed by atoms with van der Waals surface area (Å²) >= 11 is 16.0. The van der Waals surface area contributed by atoms with E-state index in [1.54, 1.807) is 16.0 Å². The van der Waals surface area contributed by atoms with E-state index in [0.717, 1.165) is 86.1 Å². The molecule has 4 aromatic rings. The van der Waals surface area contributed by atoms with Crippen LogP contribution >= 0.6 is 39.1 Å². The summed E-state index contributed by atoms with van der Waals surface area (Å²) in [6.45, 7) is 7.02. The number of hydrogen-bond donors (Lipinski definition) is 1. The van der Waals surface area contributed by atoms with Crippen LogP contribution in [-0.4, -0.2) is 71.3 Å². The largest absolute Gasteiger partial charge is 0.450 e. The number of pyridine rings is 2. The van der Waals surface area contributed by atoms with Gasteiger partial charge in [-0.3, -0.25) is 9.97 Å². The number of amides is 2. The van der Waals surface area contributed by atoms with Crippen molar-refractivity contribution >= 4 is 92.5 Å². The molecule has 0 unspecified atom stereocenters. The number of rotatable bonds is 2. The van der Waals surface area contributed by atoms with Crippen molar-refractivity contribution in [2.24, 2.45) is 0 Å². The Morgan fingerprint density at radius 3 is 1.55 bits per heavy atom. The second kappa shape index (κ2) is 17.5. The normalized spacial score (nSPS) is 15.7. The van der Waals surface area contributed by atoms with Gasteiger partial charge in [-0.25, -0.2) is 9.59 Å². The number of aromatic nitrogens is 2. The lowest BCUT2D eigenvalue weighted by Gasteiger charge is -2.29. The number of nitrogens with two attached hydrogens (primary N) is 1. The van der Waals surface area contributed by atoms with Crippen LogP contribution in [0.5, 0.6) is 0 Å². The number of likely N-dealkylation sites (tertiary alicyclic amines) is 2. The van der Waals surface area contributed by atoms with Crippen LogP contribution in [0.3, 0.4) is 0 Å². The molecule has 2 saturated heterocycles. The number of hydrogen-bond acceptors (Lipinski definition) is 7. The van der Waals surface area contributed by atoms with E-state index in [0.29, 0.717) is 55.1 Å². The lowest BCUT2D eigenvalue weighted by molar-refractivity contribution is 0.103. The van der Waals surface area contributed by atoms with E-state index in [4.69, 9.17) is 43.4 Å². The Morgan fingerprint density at radius 1 is 0.661 bits per heavy atom. The summed E-state index contributed by atoms with van der Waals surface area (Å²) in [4.78, 5) is 37.1. The number of nitrogen functional groups attached to an aromatic ring is 1. The van der Waals surface area contributed by atoms with Gasteiger partial charge < -0.3 is 25.0 Å². The van der Waals surface area contributed by atoms with Crippen LogP contribution in [0.4, 0.5) is 15.3 Å². The Kier molecular flexibility index (Phi) is 12.3. The molecule has 2 aromatic heterocycles. The van der Waals surface area contributed by atoms with Crippen molar-refractivity contribution in [1.29, 1.82) is 0 Å². The number of benzene rings is 2. The Labute approximate surface area is 345 Å². The second-order valence-electron chi connectivity index (χ2n) is 13.8. The fourth-order valence-electron chi connectivity index (χ4n) is 7.60. The summed E-state index contributed by atoms with van der Waals surface area (Å²) in [6, 6.07) is 15.9. The quantitative estimate of drug-likeness (QED) is 0.185. The van der Waals surface area contributed by atoms with E-state index in [-0.39, 0.29) is 12.2 Å². The first-order valence-corrected chi connectivity index (χ1v) is 20.3. The molecule has 288 valence electrons. The Morgan fingerprint density at radius 2 is 1.09 bits per heavy atom. The Balaban J connectivity index is 0.000000172. The molecule has 2 N–H and O–H groups in total. The molecule has 4 heterocycles. The third-order valence-corrected chi connectivity index (χ3v) is 11.1. The zero-order valence-corrected chi connectivity index (χ0v) is 34.4. The van der Waals surface area contributed by atoms with E-state index in [1.807, 2.05) is 56.5 Å². The smallest absolute Gasteiger partial charge is 0.409 e. The molecule has 12 heteroatoms. The first kappa shape index (κ1) is 39.3. The topological polar surface area (TPSA) is 111 Å². The number of fused-ring (bicyclic) bond motifs is 4. The molecule has 2 amide bonds. The molecule has 0 radical (unpaired) electrons. The highest BCUT2D eigenvalue weighted by Gasteiger charge is 2.28. The molecular weight excluding hydrogens is 813 g/mol. The number of carbonyl (C=O) groups excluding carboxylic acids is 2. The highest BCUT2D eigenvalue weighted by atomic mass is 79.9. The van der Waals surface area contributed by atoms with Gasteiger partial charge in [0.25, 0.3) is 0 Å². The minimum Gasteiger partial charge on any atom is -0.450 e. The van der Waals surface area contributed by atoms with Gasteiger partial charge >= 0.3 is 12.2 Å². The predicted octanol–water partition coefficient (Wildman–Crippen LogP) is 10.9. The molecule has 2 aromatic carbocycles. The maximum absolute atomic E-state index is 12.1. The molecular formula is C44H42BrCl2N5O4. The first-order valence-electron chi connectivity index (χ1n) is 18.8. The fraction of sp³-hybridized carbons (Fsp3) is 0.273. The van der Waals surface area contributed by atoms with Crippen molar-refractivity contribution in [3.8, 4) is 0 Å². The highest BCUT2D eigenvalue weighted by Crippen LogP contribution is 2.41. The number of anilines is 1. The molecule has 0 atom stereocenters. The molecule has 0 spiro atoms. The van der Waals surface area contributed by atoms with E-state index >= 15 is 0 Å². The second-order valence-corrected chi connectivity index (χ2v) is 15.5. The molecule has 8 rings (SSSR count). The first-order chi connectivity index (χ1) is 27.1. The minimum absolute atomic E-state index is 0.233. The lowest BCUT2D eigenvalue weighted by Crippen LogP contribution is -2.37. The van der Waals surface area contributed by atoms with Gasteiger partial charge in [-0.05, 0) is 114 Å². The van der Waals surface area contributed by atoms with Crippen LogP contribution in [0.15, 0.2) is 76.5 Å². The van der Waals surface area contributed by atoms with Crippen LogP contribution in [0.1, 0.15) is 84.3 Å². The summed E-state index contributed by atoms with van der Waals surface area (Å²) in [5, 5.41) is 1.41. The zero-order valence-electron chi connectivity index (χ0n) is 31.3. The van der Waals surface area contributed by atoms with E-state index < -0.39 is 0 Å². The summed E-state index contributed by atoms with van der Waals surface area (Å²) in [5.41, 5.74) is 19.8. The average molecular weight is 856 g/mol. The molecule has 2 aliphatic heterocycles. The van der Waals surface area contributed by atoms with Crippen LogP contribution in [0.2, 0.25) is 10.0 Å². The number of piperidine rings is 2. The van der Waals surface area contributed by atoms with Gasteiger partial charge in [-0.2, -0.15) is 0 Å². The van der Waals surface area contributed by atoms with Gasteiger partial charge in [0.05, 0.1) is 36.5 Å². The number of carbonyl (C=O) groups is 2. The van der Waals surface area contributed by atoms with Crippen molar-refractivity contribution in [1.82, 2.24) is 19.8 Å². The van der Waals surface area contributed by atoms with Crippen molar-refractivity contribution in [3.05, 3.63) is 131 Å². The highest BCUT2D eigenvalue weighted by molar-refractivity contribution is 9.10. The SMILES string of the molecule is CCOC(=O)N1CCC(=C2c3ccc(Cl)cc3C=Cc3cc(Br)cnc32)CC1.CCOC(=O)N1CCC(=C2c3ccc(Cl)cc3C=Cc3cc(N)cnc32)CC1. The van der Waals surface area contributed by atoms with Crippen molar-refractivity contribution < 1.29 is 19.1 Å². The number of ether oxygens (including phenoxy) is 2. The van der Waals surface area contributed by atoms with E-state index in [9.17, 15) is 9.59 Å². The van der Waals surface area contributed by atoms with E-state index in [2.05, 4.69) is 57.3 Å².